The molecular formula is C17H13BrN4S. The molecule has 0 spiro atoms. The van der Waals surface area contributed by atoms with E-state index in [0.29, 0.717) is 11.3 Å². The van der Waals surface area contributed by atoms with Crippen LogP contribution in [0.5, 0.6) is 0 Å². The molecule has 2 heterocycles. The van der Waals surface area contributed by atoms with E-state index in [-0.39, 0.29) is 0 Å². The average Bonchev–Trinajstić information content (AvgIpc) is 2.88. The average molecular weight is 385 g/mol. The van der Waals surface area contributed by atoms with E-state index in [4.69, 9.17) is 4.99 Å². The fraction of sp³-hybridized carbons (Fsp3) is 0.118. The second kappa shape index (κ2) is 5.94. The first-order valence-electron chi connectivity index (χ1n) is 7.16. The molecule has 1 aromatic heterocycles. The van der Waals surface area contributed by atoms with Gasteiger partial charge in [0, 0.05) is 16.0 Å². The van der Waals surface area contributed by atoms with Crippen LogP contribution in [0.15, 0.2) is 63.2 Å². The van der Waals surface area contributed by atoms with Gasteiger partial charge < -0.3 is 0 Å². The van der Waals surface area contributed by atoms with E-state index in [1.165, 1.54) is 4.90 Å². The molecule has 2 aromatic carbocycles. The molecule has 0 amide bonds. The molecule has 0 atom stereocenters. The summed E-state index contributed by atoms with van der Waals surface area (Å²) in [7, 11) is 0. The molecule has 0 fully saturated rings. The van der Waals surface area contributed by atoms with Gasteiger partial charge in [0.25, 0.3) is 0 Å². The number of fused-ring (bicyclic) bond motifs is 3. The molecule has 0 saturated carbocycles. The van der Waals surface area contributed by atoms with Crippen molar-refractivity contribution in [2.45, 2.75) is 11.4 Å². The smallest absolute Gasteiger partial charge is 0.204 e. The predicted octanol–water partition coefficient (Wildman–Crippen LogP) is 4.10. The zero-order valence-corrected chi connectivity index (χ0v) is 14.8. The van der Waals surface area contributed by atoms with Crippen LogP contribution in [0.25, 0.3) is 5.69 Å². The lowest BCUT2D eigenvalue weighted by atomic mass is 10.0. The topological polar surface area (TPSA) is 43.1 Å². The van der Waals surface area contributed by atoms with Gasteiger partial charge in [-0.05, 0) is 40.4 Å². The Bertz CT molecular complexity index is 902. The maximum atomic E-state index is 4.83. The molecular weight excluding hydrogens is 372 g/mol. The van der Waals surface area contributed by atoms with Gasteiger partial charge in [-0.15, -0.1) is 22.0 Å². The highest BCUT2D eigenvalue weighted by atomic mass is 79.9. The number of hydrogen-bond acceptors (Lipinski definition) is 4. The molecule has 3 aromatic rings. The quantitative estimate of drug-likeness (QED) is 0.624. The van der Waals surface area contributed by atoms with Crippen LogP contribution in [-0.2, 0) is 6.54 Å². The standard InChI is InChI=1S/C17H13BrN4S/c1-23-12-7-8-14-13(9-12)16(11-5-3-2-4-6-11)19-10-15-20-21-17(18)22(14)15/h2-9H,10H2,1H3. The van der Waals surface area contributed by atoms with Crippen LogP contribution in [0.1, 0.15) is 17.0 Å². The molecule has 4 rings (SSSR count). The number of benzene rings is 2. The van der Waals surface area contributed by atoms with E-state index < -0.39 is 0 Å². The van der Waals surface area contributed by atoms with Crippen LogP contribution in [0.3, 0.4) is 0 Å². The van der Waals surface area contributed by atoms with Crippen molar-refractivity contribution < 1.29 is 0 Å². The van der Waals surface area contributed by atoms with Crippen molar-refractivity contribution in [3.8, 4) is 5.69 Å². The molecule has 0 saturated heterocycles. The predicted molar refractivity (Wildman–Crippen MR) is 96.6 cm³/mol. The van der Waals surface area contributed by atoms with Crippen LogP contribution in [0, 0.1) is 0 Å². The molecule has 0 unspecified atom stereocenters. The number of rotatable bonds is 2. The largest absolute Gasteiger partial charge is 0.276 e. The van der Waals surface area contributed by atoms with Crippen molar-refractivity contribution in [1.29, 1.82) is 0 Å². The number of halogens is 1. The van der Waals surface area contributed by atoms with E-state index in [1.54, 1.807) is 11.8 Å². The molecule has 0 radical (unpaired) electrons. The Labute approximate surface area is 146 Å². The van der Waals surface area contributed by atoms with Crippen molar-refractivity contribution >= 4 is 33.4 Å². The summed E-state index contributed by atoms with van der Waals surface area (Å²) < 4.78 is 2.73. The van der Waals surface area contributed by atoms with Crippen LogP contribution in [-0.4, -0.2) is 26.7 Å². The van der Waals surface area contributed by atoms with Gasteiger partial charge in [-0.1, -0.05) is 30.3 Å². The van der Waals surface area contributed by atoms with Crippen LogP contribution in [0.4, 0.5) is 0 Å². The lowest BCUT2D eigenvalue weighted by Crippen LogP contribution is -2.07. The lowest BCUT2D eigenvalue weighted by Gasteiger charge is -2.13. The van der Waals surface area contributed by atoms with E-state index in [0.717, 1.165) is 28.4 Å². The molecule has 0 N–H and O–H groups in total. The molecule has 23 heavy (non-hydrogen) atoms. The summed E-state index contributed by atoms with van der Waals surface area (Å²) in [5, 5.41) is 8.37. The summed E-state index contributed by atoms with van der Waals surface area (Å²) in [5.74, 6) is 0.834. The van der Waals surface area contributed by atoms with E-state index >= 15 is 0 Å². The highest BCUT2D eigenvalue weighted by Gasteiger charge is 2.22. The minimum Gasteiger partial charge on any atom is -0.276 e. The summed E-state index contributed by atoms with van der Waals surface area (Å²) >= 11 is 5.23. The van der Waals surface area contributed by atoms with Crippen molar-refractivity contribution in [1.82, 2.24) is 14.8 Å². The van der Waals surface area contributed by atoms with Gasteiger partial charge in [0.05, 0.1) is 11.4 Å². The zero-order valence-electron chi connectivity index (χ0n) is 12.4. The third-order valence-corrected chi connectivity index (χ3v) is 5.05. The number of nitrogens with zero attached hydrogens (tertiary/aromatic N) is 4. The summed E-state index contributed by atoms with van der Waals surface area (Å²) in [6.07, 6.45) is 2.08. The third-order valence-electron chi connectivity index (χ3n) is 3.82. The Hall–Kier alpha value is -1.92. The second-order valence-corrected chi connectivity index (χ2v) is 6.72. The third kappa shape index (κ3) is 2.52. The van der Waals surface area contributed by atoms with Crippen molar-refractivity contribution in [2.24, 2.45) is 4.99 Å². The van der Waals surface area contributed by atoms with Crippen LogP contribution in [0.2, 0.25) is 0 Å². The van der Waals surface area contributed by atoms with Crippen LogP contribution < -0.4 is 0 Å². The van der Waals surface area contributed by atoms with Gasteiger partial charge in [-0.3, -0.25) is 9.56 Å². The van der Waals surface area contributed by atoms with Gasteiger partial charge in [-0.25, -0.2) is 0 Å². The zero-order chi connectivity index (χ0) is 15.8. The fourth-order valence-electron chi connectivity index (χ4n) is 2.74. The maximum Gasteiger partial charge on any atom is 0.204 e. The molecule has 1 aliphatic heterocycles. The first-order chi connectivity index (χ1) is 11.3. The molecule has 0 bridgehead atoms. The van der Waals surface area contributed by atoms with Crippen molar-refractivity contribution in [3.63, 3.8) is 0 Å². The van der Waals surface area contributed by atoms with Crippen LogP contribution >= 0.6 is 27.7 Å². The van der Waals surface area contributed by atoms with Gasteiger partial charge in [-0.2, -0.15) is 0 Å². The minimum atomic E-state index is 0.506. The number of hydrogen-bond donors (Lipinski definition) is 0. The fourth-order valence-corrected chi connectivity index (χ4v) is 3.66. The monoisotopic (exact) mass is 384 g/mol. The Kier molecular flexibility index (Phi) is 3.79. The van der Waals surface area contributed by atoms with Crippen molar-refractivity contribution in [3.05, 3.63) is 70.2 Å². The summed E-state index contributed by atoms with van der Waals surface area (Å²) in [4.78, 5) is 6.04. The normalized spacial score (nSPS) is 13.0. The minimum absolute atomic E-state index is 0.506. The Morgan fingerprint density at radius 3 is 2.70 bits per heavy atom. The SMILES string of the molecule is CSc1ccc2c(c1)C(c1ccccc1)=NCc1nnc(Br)n1-2. The molecule has 0 aliphatic carbocycles. The number of aromatic nitrogens is 3. The lowest BCUT2D eigenvalue weighted by molar-refractivity contribution is 0.866. The summed E-state index contributed by atoms with van der Waals surface area (Å²) in [5.41, 5.74) is 4.26. The van der Waals surface area contributed by atoms with Gasteiger partial charge in [0.1, 0.15) is 6.54 Å². The summed E-state index contributed by atoms with van der Waals surface area (Å²) in [6.45, 7) is 0.506. The van der Waals surface area contributed by atoms with Crippen molar-refractivity contribution in [2.75, 3.05) is 6.26 Å². The Balaban J connectivity index is 2.00. The number of thioether (sulfide) groups is 1. The molecule has 4 nitrogen and oxygen atoms in total. The van der Waals surface area contributed by atoms with Gasteiger partial charge in [0.15, 0.2) is 5.82 Å². The maximum absolute atomic E-state index is 4.83. The second-order valence-electron chi connectivity index (χ2n) is 5.13. The summed E-state index contributed by atoms with van der Waals surface area (Å²) in [6, 6.07) is 16.7. The highest BCUT2D eigenvalue weighted by molar-refractivity contribution is 9.10. The highest BCUT2D eigenvalue weighted by Crippen LogP contribution is 2.30. The molecule has 1 aliphatic rings. The first-order valence-corrected chi connectivity index (χ1v) is 9.18. The molecule has 6 heteroatoms. The Morgan fingerprint density at radius 1 is 1.09 bits per heavy atom. The van der Waals surface area contributed by atoms with Gasteiger partial charge >= 0.3 is 0 Å². The van der Waals surface area contributed by atoms with Gasteiger partial charge in [0.2, 0.25) is 4.73 Å². The van der Waals surface area contributed by atoms with E-state index in [2.05, 4.69) is 62.7 Å². The number of aliphatic imine (C=N–C) groups is 1. The first kappa shape index (κ1) is 14.7. The Morgan fingerprint density at radius 2 is 1.91 bits per heavy atom. The van der Waals surface area contributed by atoms with E-state index in [1.807, 2.05) is 22.8 Å². The van der Waals surface area contributed by atoms with E-state index in [9.17, 15) is 0 Å². The molecule has 114 valence electrons.